The molecule has 0 saturated carbocycles. The predicted octanol–water partition coefficient (Wildman–Crippen LogP) is 1.74. The van der Waals surface area contributed by atoms with Crippen molar-refractivity contribution >= 4 is 35.1 Å². The van der Waals surface area contributed by atoms with Crippen LogP contribution in [0.15, 0.2) is 0 Å². The molecule has 4 nitrogen and oxygen atoms in total. The molecule has 0 unspecified atom stereocenters. The van der Waals surface area contributed by atoms with Gasteiger partial charge < -0.3 is 9.47 Å². The van der Waals surface area contributed by atoms with Gasteiger partial charge in [0.2, 0.25) is 0 Å². The van der Waals surface area contributed by atoms with Gasteiger partial charge in [-0.15, -0.1) is 0 Å². The molecule has 0 atom stereocenters. The third-order valence-corrected chi connectivity index (χ3v) is 1.32. The van der Waals surface area contributed by atoms with Gasteiger partial charge in [0.25, 0.3) is 0 Å². The quantitative estimate of drug-likeness (QED) is 0.334. The molecule has 16 heavy (non-hydrogen) atoms. The van der Waals surface area contributed by atoms with E-state index in [1.807, 2.05) is 0 Å². The van der Waals surface area contributed by atoms with E-state index in [2.05, 4.69) is 32.7 Å². The number of ether oxygens (including phenoxy) is 2. The second-order valence-corrected chi connectivity index (χ2v) is 3.22. The molecule has 0 rings (SSSR count). The molecule has 0 aliphatic heterocycles. The van der Waals surface area contributed by atoms with E-state index in [4.69, 9.17) is 0 Å². The molecule has 0 fully saturated rings. The Labute approximate surface area is 96.4 Å². The smallest absolute Gasteiger partial charge is 0.417 e. The van der Waals surface area contributed by atoms with Gasteiger partial charge in [0.15, 0.2) is 0 Å². The van der Waals surface area contributed by atoms with Crippen molar-refractivity contribution in [2.24, 2.45) is 0 Å². The van der Waals surface area contributed by atoms with Gasteiger partial charge >= 0.3 is 22.7 Å². The molecule has 0 aliphatic carbocycles. The third-order valence-electron chi connectivity index (χ3n) is 1.01. The summed E-state index contributed by atoms with van der Waals surface area (Å²) in [6, 6.07) is 0. The first-order valence-corrected chi connectivity index (χ1v) is 4.28. The number of carbonyl (C=O) groups is 2. The molecule has 0 aromatic carbocycles. The summed E-state index contributed by atoms with van der Waals surface area (Å²) in [5.41, 5.74) is 0. The van der Waals surface area contributed by atoms with E-state index in [0.29, 0.717) is 0 Å². The highest BCUT2D eigenvalue weighted by atomic mass is 35.5. The second-order valence-electron chi connectivity index (χ2n) is 2.27. The second kappa shape index (κ2) is 5.53. The van der Waals surface area contributed by atoms with Gasteiger partial charge in [-0.2, -0.15) is 17.6 Å². The van der Waals surface area contributed by atoms with Crippen molar-refractivity contribution in [3.05, 3.63) is 0 Å². The van der Waals surface area contributed by atoms with Crippen molar-refractivity contribution in [2.45, 2.75) is 10.8 Å². The minimum atomic E-state index is -4.22. The van der Waals surface area contributed by atoms with E-state index in [0.717, 1.165) is 0 Å². The largest absolute Gasteiger partial charge is 0.457 e. The molecule has 0 saturated heterocycles. The van der Waals surface area contributed by atoms with Crippen LogP contribution in [-0.4, -0.2) is 35.9 Å². The van der Waals surface area contributed by atoms with Crippen LogP contribution in [0.3, 0.4) is 0 Å². The summed E-state index contributed by atoms with van der Waals surface area (Å²) in [5, 5.41) is -8.44. The summed E-state index contributed by atoms with van der Waals surface area (Å²) < 4.78 is 55.3. The van der Waals surface area contributed by atoms with E-state index in [9.17, 15) is 27.2 Å². The maximum Gasteiger partial charge on any atom is 0.417 e. The van der Waals surface area contributed by atoms with Crippen molar-refractivity contribution in [3.8, 4) is 0 Å². The first-order valence-electron chi connectivity index (χ1n) is 3.53. The molecule has 0 aromatic rings. The molecule has 94 valence electrons. The molecular formula is C6H4Cl2F4O4. The van der Waals surface area contributed by atoms with Gasteiger partial charge in [0, 0.05) is 0 Å². The molecular weight excluding hydrogens is 283 g/mol. The van der Waals surface area contributed by atoms with E-state index < -0.39 is 35.9 Å². The predicted molar refractivity (Wildman–Crippen MR) is 43.5 cm³/mol. The van der Waals surface area contributed by atoms with Crippen LogP contribution in [0.5, 0.6) is 0 Å². The molecule has 0 spiro atoms. The summed E-state index contributed by atoms with van der Waals surface area (Å²) >= 11 is 8.48. The van der Waals surface area contributed by atoms with Gasteiger partial charge in [-0.1, -0.05) is 0 Å². The van der Waals surface area contributed by atoms with Crippen LogP contribution in [0, 0.1) is 0 Å². The maximum absolute atomic E-state index is 11.9. The summed E-state index contributed by atoms with van der Waals surface area (Å²) in [4.78, 5) is 20.6. The highest BCUT2D eigenvalue weighted by Gasteiger charge is 2.39. The molecule has 10 heteroatoms. The van der Waals surface area contributed by atoms with Crippen LogP contribution in [0.1, 0.15) is 0 Å². The van der Waals surface area contributed by atoms with E-state index in [-0.39, 0.29) is 0 Å². The lowest BCUT2D eigenvalue weighted by Gasteiger charge is -2.10. The lowest BCUT2D eigenvalue weighted by molar-refractivity contribution is -0.169. The number of esters is 2. The van der Waals surface area contributed by atoms with Crippen molar-refractivity contribution in [1.29, 1.82) is 0 Å². The summed E-state index contributed by atoms with van der Waals surface area (Å²) in [6.07, 6.45) is 0. The Hall–Kier alpha value is -0.760. The SMILES string of the molecule is O=C(OCCOC(=O)C(F)(F)Cl)C(F)(F)Cl. The fourth-order valence-electron chi connectivity index (χ4n) is 0.432. The normalized spacial score (nSPS) is 12.1. The van der Waals surface area contributed by atoms with Gasteiger partial charge in [-0.25, -0.2) is 9.59 Å². The van der Waals surface area contributed by atoms with E-state index in [1.165, 1.54) is 0 Å². The fourth-order valence-corrected chi connectivity index (χ4v) is 0.542. The van der Waals surface area contributed by atoms with Crippen LogP contribution in [0.25, 0.3) is 0 Å². The van der Waals surface area contributed by atoms with Gasteiger partial charge in [0.1, 0.15) is 13.2 Å². The number of carbonyl (C=O) groups excluding carboxylic acids is 2. The van der Waals surface area contributed by atoms with Gasteiger partial charge in [0.05, 0.1) is 0 Å². The molecule has 0 N–H and O–H groups in total. The van der Waals surface area contributed by atoms with Gasteiger partial charge in [-0.3, -0.25) is 0 Å². The highest BCUT2D eigenvalue weighted by molar-refractivity contribution is 6.31. The van der Waals surface area contributed by atoms with Crippen molar-refractivity contribution in [3.63, 3.8) is 0 Å². The summed E-state index contributed by atoms with van der Waals surface area (Å²) in [6.45, 7) is -1.69. The molecule has 0 radical (unpaired) electrons. The van der Waals surface area contributed by atoms with Crippen LogP contribution in [0.4, 0.5) is 17.6 Å². The Morgan fingerprint density at radius 2 is 1.12 bits per heavy atom. The average molecular weight is 287 g/mol. The van der Waals surface area contributed by atoms with E-state index >= 15 is 0 Å². The lowest BCUT2D eigenvalue weighted by Crippen LogP contribution is -2.28. The maximum atomic E-state index is 11.9. The highest BCUT2D eigenvalue weighted by Crippen LogP contribution is 2.21. The van der Waals surface area contributed by atoms with Crippen LogP contribution >= 0.6 is 23.2 Å². The Morgan fingerprint density at radius 1 is 0.875 bits per heavy atom. The minimum absolute atomic E-state index is 0.847. The lowest BCUT2D eigenvalue weighted by atomic mass is 10.6. The molecule has 0 bridgehead atoms. The Kier molecular flexibility index (Phi) is 5.27. The first-order chi connectivity index (χ1) is 7.05. The number of halogens is 6. The summed E-state index contributed by atoms with van der Waals surface area (Å²) in [7, 11) is 0. The fraction of sp³-hybridized carbons (Fsp3) is 0.667. The monoisotopic (exact) mass is 286 g/mol. The van der Waals surface area contributed by atoms with Crippen LogP contribution < -0.4 is 0 Å². The molecule has 0 aromatic heterocycles. The number of hydrogen-bond acceptors (Lipinski definition) is 4. The van der Waals surface area contributed by atoms with Crippen LogP contribution in [0.2, 0.25) is 0 Å². The third kappa shape index (κ3) is 5.96. The van der Waals surface area contributed by atoms with Crippen molar-refractivity contribution in [2.75, 3.05) is 13.2 Å². The average Bonchev–Trinajstić information content (AvgIpc) is 2.08. The van der Waals surface area contributed by atoms with Crippen molar-refractivity contribution < 1.29 is 36.6 Å². The Morgan fingerprint density at radius 3 is 1.31 bits per heavy atom. The van der Waals surface area contributed by atoms with Crippen molar-refractivity contribution in [1.82, 2.24) is 0 Å². The zero-order valence-corrected chi connectivity index (χ0v) is 8.83. The zero-order chi connectivity index (χ0) is 13.0. The topological polar surface area (TPSA) is 52.6 Å². The summed E-state index contributed by atoms with van der Waals surface area (Å²) in [5.74, 6) is -4.16. The number of alkyl halides is 6. The van der Waals surface area contributed by atoms with Gasteiger partial charge in [-0.05, 0) is 23.2 Å². The molecule has 0 aliphatic rings. The molecule has 0 heterocycles. The standard InChI is InChI=1S/C6H4Cl2F4O4/c7-5(9,10)3(13)15-1-2-16-4(14)6(8,11)12/h1-2H2. The van der Waals surface area contributed by atoms with E-state index in [1.54, 1.807) is 0 Å². The van der Waals surface area contributed by atoms with Crippen LogP contribution in [-0.2, 0) is 19.1 Å². The minimum Gasteiger partial charge on any atom is -0.457 e. The zero-order valence-electron chi connectivity index (χ0n) is 7.31. The molecule has 0 amide bonds. The Balaban J connectivity index is 3.79. The number of hydrogen-bond donors (Lipinski definition) is 0. The number of rotatable bonds is 5. The first kappa shape index (κ1) is 15.2. The Bertz CT molecular complexity index is 245.